The molecule has 2 rings (SSSR count). The number of benzene rings is 2. The summed E-state index contributed by atoms with van der Waals surface area (Å²) >= 11 is 0. The summed E-state index contributed by atoms with van der Waals surface area (Å²) < 4.78 is 37.6. The summed E-state index contributed by atoms with van der Waals surface area (Å²) in [4.78, 5) is 13.4. The fourth-order valence-corrected chi connectivity index (χ4v) is 2.37. The van der Waals surface area contributed by atoms with E-state index in [1.807, 2.05) is 38.4 Å². The molecule has 0 aliphatic rings. The molecule has 0 aliphatic carbocycles. The van der Waals surface area contributed by atoms with Gasteiger partial charge < -0.3 is 10.2 Å². The lowest BCUT2D eigenvalue weighted by atomic mass is 10.1. The molecule has 24 heavy (non-hydrogen) atoms. The number of alkyl halides is 3. The Morgan fingerprint density at radius 2 is 1.58 bits per heavy atom. The Morgan fingerprint density at radius 3 is 2.12 bits per heavy atom. The van der Waals surface area contributed by atoms with Crippen LogP contribution in [0.15, 0.2) is 48.5 Å². The van der Waals surface area contributed by atoms with Crippen LogP contribution < -0.4 is 10.2 Å². The van der Waals surface area contributed by atoms with Crippen LogP contribution in [0.5, 0.6) is 0 Å². The third-order valence-corrected chi connectivity index (χ3v) is 3.58. The van der Waals surface area contributed by atoms with E-state index in [1.54, 1.807) is 0 Å². The number of amides is 1. The molecule has 0 aromatic heterocycles. The van der Waals surface area contributed by atoms with E-state index in [0.717, 1.165) is 29.8 Å². The highest BCUT2D eigenvalue weighted by Gasteiger charge is 2.30. The molecule has 0 radical (unpaired) electrons. The minimum atomic E-state index is -4.40. The maximum Gasteiger partial charge on any atom is 0.416 e. The average Bonchev–Trinajstić information content (AvgIpc) is 2.52. The van der Waals surface area contributed by atoms with Crippen LogP contribution in [0.1, 0.15) is 27.0 Å². The Balaban J connectivity index is 2.03. The normalized spacial score (nSPS) is 11.6. The van der Waals surface area contributed by atoms with E-state index >= 15 is 0 Å². The predicted octanol–water partition coefficient (Wildman–Crippen LogP) is 2.28. The highest BCUT2D eigenvalue weighted by atomic mass is 19.4. The van der Waals surface area contributed by atoms with Gasteiger partial charge in [0, 0.05) is 17.7 Å². The predicted molar refractivity (Wildman–Crippen MR) is 85.6 cm³/mol. The van der Waals surface area contributed by atoms with Gasteiger partial charge in [-0.05, 0) is 29.8 Å². The van der Waals surface area contributed by atoms with Crippen molar-refractivity contribution in [1.29, 1.82) is 0 Å². The number of halogens is 3. The third kappa shape index (κ3) is 4.83. The van der Waals surface area contributed by atoms with E-state index in [-0.39, 0.29) is 5.56 Å². The van der Waals surface area contributed by atoms with E-state index in [1.165, 1.54) is 17.0 Å². The number of rotatable bonds is 5. The molecule has 0 atom stereocenters. The van der Waals surface area contributed by atoms with Crippen molar-refractivity contribution in [1.82, 2.24) is 5.32 Å². The van der Waals surface area contributed by atoms with Crippen LogP contribution in [0.25, 0.3) is 0 Å². The molecule has 128 valence electrons. The summed E-state index contributed by atoms with van der Waals surface area (Å²) in [5.74, 6) is -0.393. The van der Waals surface area contributed by atoms with Gasteiger partial charge in [0.15, 0.2) is 0 Å². The molecule has 0 bridgehead atoms. The SMILES string of the molecule is C[NH+](C)Cc1ccccc1CNC(=O)c1ccc(C(F)(F)F)cc1. The number of nitrogens with one attached hydrogen (secondary N) is 2. The van der Waals surface area contributed by atoms with Crippen molar-refractivity contribution in [3.8, 4) is 0 Å². The van der Waals surface area contributed by atoms with Crippen molar-refractivity contribution in [3.63, 3.8) is 0 Å². The minimum absolute atomic E-state index is 0.207. The van der Waals surface area contributed by atoms with E-state index in [2.05, 4.69) is 5.32 Å². The first-order valence-electron chi connectivity index (χ1n) is 7.58. The summed E-state index contributed by atoms with van der Waals surface area (Å²) in [7, 11) is 4.08. The highest BCUT2D eigenvalue weighted by molar-refractivity contribution is 5.94. The van der Waals surface area contributed by atoms with Gasteiger partial charge in [0.2, 0.25) is 0 Å². The molecule has 0 aliphatic heterocycles. The second-order valence-corrected chi connectivity index (χ2v) is 5.91. The number of carbonyl (C=O) groups is 1. The molecule has 0 fully saturated rings. The smallest absolute Gasteiger partial charge is 0.348 e. The van der Waals surface area contributed by atoms with Crippen LogP contribution in [0.3, 0.4) is 0 Å². The quantitative estimate of drug-likeness (QED) is 0.862. The zero-order valence-electron chi connectivity index (χ0n) is 13.6. The molecule has 0 heterocycles. The van der Waals surface area contributed by atoms with Gasteiger partial charge in [-0.15, -0.1) is 0 Å². The standard InChI is InChI=1S/C18H19F3N2O/c1-23(2)12-15-6-4-3-5-14(15)11-22-17(24)13-7-9-16(10-8-13)18(19,20)21/h3-10H,11-12H2,1-2H3,(H,22,24)/p+1. The van der Waals surface area contributed by atoms with Crippen molar-refractivity contribution in [3.05, 3.63) is 70.8 Å². The lowest BCUT2D eigenvalue weighted by Gasteiger charge is -2.13. The zero-order valence-corrected chi connectivity index (χ0v) is 13.6. The Hall–Kier alpha value is -2.34. The lowest BCUT2D eigenvalue weighted by molar-refractivity contribution is -0.872. The molecule has 3 nitrogen and oxygen atoms in total. The zero-order chi connectivity index (χ0) is 17.7. The topological polar surface area (TPSA) is 33.5 Å². The van der Waals surface area contributed by atoms with Gasteiger partial charge in [-0.25, -0.2) is 0 Å². The molecule has 0 spiro atoms. The summed E-state index contributed by atoms with van der Waals surface area (Å²) in [5.41, 5.74) is 1.57. The molecule has 6 heteroatoms. The van der Waals surface area contributed by atoms with Crippen molar-refractivity contribution < 1.29 is 22.9 Å². The largest absolute Gasteiger partial charge is 0.416 e. The van der Waals surface area contributed by atoms with E-state index in [9.17, 15) is 18.0 Å². The molecule has 0 saturated heterocycles. The monoisotopic (exact) mass is 337 g/mol. The molecule has 2 aromatic carbocycles. The third-order valence-electron chi connectivity index (χ3n) is 3.58. The van der Waals surface area contributed by atoms with Crippen LogP contribution in [0, 0.1) is 0 Å². The number of hydrogen-bond acceptors (Lipinski definition) is 1. The van der Waals surface area contributed by atoms with Gasteiger partial charge in [0.25, 0.3) is 5.91 Å². The van der Waals surface area contributed by atoms with Gasteiger partial charge in [-0.3, -0.25) is 4.79 Å². The van der Waals surface area contributed by atoms with E-state index < -0.39 is 17.6 Å². The van der Waals surface area contributed by atoms with Crippen LogP contribution in [0.2, 0.25) is 0 Å². The average molecular weight is 337 g/mol. The van der Waals surface area contributed by atoms with Crippen LogP contribution in [-0.2, 0) is 19.3 Å². The van der Waals surface area contributed by atoms with Crippen LogP contribution in [0.4, 0.5) is 13.2 Å². The van der Waals surface area contributed by atoms with Gasteiger partial charge in [-0.2, -0.15) is 13.2 Å². The summed E-state index contributed by atoms with van der Waals surface area (Å²) in [6.45, 7) is 1.16. The van der Waals surface area contributed by atoms with Crippen molar-refractivity contribution >= 4 is 5.91 Å². The van der Waals surface area contributed by atoms with Crippen molar-refractivity contribution in [2.24, 2.45) is 0 Å². The van der Waals surface area contributed by atoms with Gasteiger partial charge in [0.05, 0.1) is 19.7 Å². The molecular formula is C18H20F3N2O+. The Morgan fingerprint density at radius 1 is 1.00 bits per heavy atom. The lowest BCUT2D eigenvalue weighted by Crippen LogP contribution is -3.04. The highest BCUT2D eigenvalue weighted by Crippen LogP contribution is 2.29. The van der Waals surface area contributed by atoms with E-state index in [0.29, 0.717) is 6.54 Å². The maximum absolute atomic E-state index is 12.5. The Kier molecular flexibility index (Phi) is 5.62. The summed E-state index contributed by atoms with van der Waals surface area (Å²) in [5, 5.41) is 2.76. The van der Waals surface area contributed by atoms with Gasteiger partial charge >= 0.3 is 6.18 Å². The van der Waals surface area contributed by atoms with Crippen LogP contribution in [-0.4, -0.2) is 20.0 Å². The first-order chi connectivity index (χ1) is 11.3. The first-order valence-corrected chi connectivity index (χ1v) is 7.58. The minimum Gasteiger partial charge on any atom is -0.348 e. The van der Waals surface area contributed by atoms with Gasteiger partial charge in [-0.1, -0.05) is 24.3 Å². The summed E-state index contributed by atoms with van der Waals surface area (Å²) in [6.07, 6.45) is -4.40. The summed E-state index contributed by atoms with van der Waals surface area (Å²) in [6, 6.07) is 12.0. The van der Waals surface area contributed by atoms with E-state index in [4.69, 9.17) is 0 Å². The number of carbonyl (C=O) groups excluding carboxylic acids is 1. The van der Waals surface area contributed by atoms with Crippen LogP contribution >= 0.6 is 0 Å². The number of hydrogen-bond donors (Lipinski definition) is 2. The maximum atomic E-state index is 12.5. The molecule has 1 amide bonds. The fourth-order valence-electron chi connectivity index (χ4n) is 2.37. The Labute approximate surface area is 139 Å². The first kappa shape index (κ1) is 18.0. The molecule has 2 N–H and O–H groups in total. The molecular weight excluding hydrogens is 317 g/mol. The molecule has 0 unspecified atom stereocenters. The number of quaternary nitrogens is 1. The Bertz CT molecular complexity index is 694. The molecule has 2 aromatic rings. The van der Waals surface area contributed by atoms with Crippen molar-refractivity contribution in [2.75, 3.05) is 14.1 Å². The second-order valence-electron chi connectivity index (χ2n) is 5.91. The second kappa shape index (κ2) is 7.49. The van der Waals surface area contributed by atoms with Crippen molar-refractivity contribution in [2.45, 2.75) is 19.3 Å². The fraction of sp³-hybridized carbons (Fsp3) is 0.278. The van der Waals surface area contributed by atoms with Gasteiger partial charge in [0.1, 0.15) is 6.54 Å². The molecule has 0 saturated carbocycles.